The minimum absolute atomic E-state index is 0.213. The van der Waals surface area contributed by atoms with Crippen LogP contribution in [-0.2, 0) is 0 Å². The molecule has 0 saturated carbocycles. The minimum atomic E-state index is 0.213. The first-order chi connectivity index (χ1) is 9.63. The molecule has 1 aromatic rings. The third-order valence-electron chi connectivity index (χ3n) is 2.94. The van der Waals surface area contributed by atoms with E-state index < -0.39 is 0 Å². The Balaban J connectivity index is 3.07. The fraction of sp³-hybridized carbons (Fsp3) is 0.529. The molecule has 1 unspecified atom stereocenters. The minimum Gasteiger partial charge on any atom is -0.493 e. The zero-order valence-electron chi connectivity index (χ0n) is 12.5. The monoisotopic (exact) mass is 294 g/mol. The van der Waals surface area contributed by atoms with Gasteiger partial charge in [0.25, 0.3) is 0 Å². The predicted molar refractivity (Wildman–Crippen MR) is 84.9 cm³/mol. The van der Waals surface area contributed by atoms with Crippen LogP contribution in [-0.4, -0.2) is 13.2 Å². The van der Waals surface area contributed by atoms with Gasteiger partial charge in [-0.15, -0.1) is 12.3 Å². The van der Waals surface area contributed by atoms with Crippen LogP contribution in [0.3, 0.4) is 0 Å². The molecule has 0 aliphatic rings. The molecule has 110 valence electrons. The van der Waals surface area contributed by atoms with Gasteiger partial charge in [-0.1, -0.05) is 32.4 Å². The Morgan fingerprint density at radius 1 is 1.15 bits per heavy atom. The van der Waals surface area contributed by atoms with Crippen molar-refractivity contribution in [3.05, 3.63) is 22.7 Å². The third kappa shape index (κ3) is 4.65. The van der Waals surface area contributed by atoms with Gasteiger partial charge in [0.05, 0.1) is 18.2 Å². The summed E-state index contributed by atoms with van der Waals surface area (Å²) in [7, 11) is 0. The van der Waals surface area contributed by atoms with E-state index >= 15 is 0 Å². The first-order valence-corrected chi connectivity index (χ1v) is 7.54. The maximum absolute atomic E-state index is 6.28. The van der Waals surface area contributed by atoms with E-state index in [4.69, 9.17) is 27.5 Å². The average Bonchev–Trinajstić information content (AvgIpc) is 2.44. The molecule has 1 aromatic carbocycles. The Morgan fingerprint density at radius 2 is 1.75 bits per heavy atom. The van der Waals surface area contributed by atoms with Crippen molar-refractivity contribution >= 4 is 11.6 Å². The molecule has 2 nitrogen and oxygen atoms in total. The molecule has 0 fully saturated rings. The van der Waals surface area contributed by atoms with Crippen LogP contribution in [0.5, 0.6) is 11.5 Å². The van der Waals surface area contributed by atoms with Gasteiger partial charge in [0.15, 0.2) is 0 Å². The van der Waals surface area contributed by atoms with Crippen molar-refractivity contribution in [3.63, 3.8) is 0 Å². The van der Waals surface area contributed by atoms with Gasteiger partial charge in [-0.25, -0.2) is 0 Å². The van der Waals surface area contributed by atoms with E-state index in [1.807, 2.05) is 12.1 Å². The second-order valence-corrected chi connectivity index (χ2v) is 5.23. The number of terminal acetylenes is 1. The SMILES string of the molecule is C#CCC(C)c1cc(Cl)c(OCCC)cc1OCCC. The second kappa shape index (κ2) is 8.76. The lowest BCUT2D eigenvalue weighted by Crippen LogP contribution is -2.04. The van der Waals surface area contributed by atoms with Crippen molar-refractivity contribution in [1.82, 2.24) is 0 Å². The van der Waals surface area contributed by atoms with Crippen LogP contribution in [0.15, 0.2) is 12.1 Å². The molecule has 0 radical (unpaired) electrons. The zero-order valence-corrected chi connectivity index (χ0v) is 13.3. The topological polar surface area (TPSA) is 18.5 Å². The Labute approximate surface area is 127 Å². The fourth-order valence-electron chi connectivity index (χ4n) is 1.88. The number of hydrogen-bond donors (Lipinski definition) is 0. The highest BCUT2D eigenvalue weighted by atomic mass is 35.5. The maximum Gasteiger partial charge on any atom is 0.141 e. The number of hydrogen-bond acceptors (Lipinski definition) is 2. The Hall–Kier alpha value is -1.33. The standard InChI is InChI=1S/C17H23ClO2/c1-5-8-13(4)14-11-15(18)17(20-10-7-3)12-16(14)19-9-6-2/h1,11-13H,6-10H2,2-4H3. The summed E-state index contributed by atoms with van der Waals surface area (Å²) in [5, 5.41) is 0.612. The van der Waals surface area contributed by atoms with Gasteiger partial charge in [0, 0.05) is 12.5 Å². The lowest BCUT2D eigenvalue weighted by atomic mass is 9.97. The van der Waals surface area contributed by atoms with Gasteiger partial charge < -0.3 is 9.47 Å². The highest BCUT2D eigenvalue weighted by molar-refractivity contribution is 6.32. The quantitative estimate of drug-likeness (QED) is 0.625. The highest BCUT2D eigenvalue weighted by Crippen LogP contribution is 2.37. The Bertz CT molecular complexity index is 463. The molecule has 0 N–H and O–H groups in total. The van der Waals surface area contributed by atoms with Crippen molar-refractivity contribution in [2.45, 2.75) is 46.0 Å². The largest absolute Gasteiger partial charge is 0.493 e. The van der Waals surface area contributed by atoms with E-state index in [0.29, 0.717) is 30.4 Å². The van der Waals surface area contributed by atoms with Crippen LogP contribution in [0.25, 0.3) is 0 Å². The Morgan fingerprint density at radius 3 is 2.30 bits per heavy atom. The van der Waals surface area contributed by atoms with Crippen LogP contribution >= 0.6 is 11.6 Å². The van der Waals surface area contributed by atoms with Gasteiger partial charge in [0.2, 0.25) is 0 Å². The summed E-state index contributed by atoms with van der Waals surface area (Å²) in [6.07, 6.45) is 7.96. The first kappa shape index (κ1) is 16.7. The molecule has 0 saturated heterocycles. The lowest BCUT2D eigenvalue weighted by molar-refractivity contribution is 0.298. The molecule has 1 atom stereocenters. The van der Waals surface area contributed by atoms with Crippen molar-refractivity contribution < 1.29 is 9.47 Å². The number of halogens is 1. The van der Waals surface area contributed by atoms with E-state index in [1.54, 1.807) is 0 Å². The van der Waals surface area contributed by atoms with Crippen molar-refractivity contribution in [2.75, 3.05) is 13.2 Å². The van der Waals surface area contributed by atoms with Crippen LogP contribution in [0.4, 0.5) is 0 Å². The maximum atomic E-state index is 6.28. The molecule has 0 heterocycles. The van der Waals surface area contributed by atoms with E-state index in [0.717, 1.165) is 24.2 Å². The van der Waals surface area contributed by atoms with Crippen LogP contribution in [0.1, 0.15) is 51.5 Å². The highest BCUT2D eigenvalue weighted by Gasteiger charge is 2.15. The van der Waals surface area contributed by atoms with Crippen molar-refractivity contribution in [2.24, 2.45) is 0 Å². The van der Waals surface area contributed by atoms with Crippen LogP contribution in [0.2, 0.25) is 5.02 Å². The summed E-state index contributed by atoms with van der Waals surface area (Å²) in [6.45, 7) is 7.54. The molecular weight excluding hydrogens is 272 g/mol. The summed E-state index contributed by atoms with van der Waals surface area (Å²) in [4.78, 5) is 0. The van der Waals surface area contributed by atoms with Crippen LogP contribution in [0, 0.1) is 12.3 Å². The van der Waals surface area contributed by atoms with E-state index in [1.165, 1.54) is 0 Å². The molecule has 0 aliphatic heterocycles. The molecule has 0 spiro atoms. The van der Waals surface area contributed by atoms with Crippen molar-refractivity contribution in [3.8, 4) is 23.8 Å². The summed E-state index contributed by atoms with van der Waals surface area (Å²) < 4.78 is 11.5. The van der Waals surface area contributed by atoms with Gasteiger partial charge in [-0.3, -0.25) is 0 Å². The molecule has 0 amide bonds. The normalized spacial score (nSPS) is 11.8. The molecule has 0 bridgehead atoms. The summed E-state index contributed by atoms with van der Waals surface area (Å²) in [6, 6.07) is 3.80. The zero-order chi connectivity index (χ0) is 15.0. The van der Waals surface area contributed by atoms with E-state index in [2.05, 4.69) is 26.7 Å². The summed E-state index contributed by atoms with van der Waals surface area (Å²) in [5.74, 6) is 4.40. The smallest absolute Gasteiger partial charge is 0.141 e. The predicted octanol–water partition coefficient (Wildman–Crippen LogP) is 5.04. The van der Waals surface area contributed by atoms with Crippen LogP contribution < -0.4 is 9.47 Å². The number of ether oxygens (including phenoxy) is 2. The fourth-order valence-corrected chi connectivity index (χ4v) is 2.11. The molecular formula is C17H23ClO2. The molecule has 0 aromatic heterocycles. The van der Waals surface area contributed by atoms with E-state index in [9.17, 15) is 0 Å². The second-order valence-electron chi connectivity index (χ2n) is 4.83. The van der Waals surface area contributed by atoms with E-state index in [-0.39, 0.29) is 5.92 Å². The number of benzene rings is 1. The number of rotatable bonds is 8. The van der Waals surface area contributed by atoms with Gasteiger partial charge in [-0.2, -0.15) is 0 Å². The average molecular weight is 295 g/mol. The third-order valence-corrected chi connectivity index (χ3v) is 3.24. The molecule has 0 aliphatic carbocycles. The molecule has 1 rings (SSSR count). The molecule has 20 heavy (non-hydrogen) atoms. The van der Waals surface area contributed by atoms with Crippen molar-refractivity contribution in [1.29, 1.82) is 0 Å². The Kier molecular flexibility index (Phi) is 7.33. The summed E-state index contributed by atoms with van der Waals surface area (Å²) >= 11 is 6.28. The lowest BCUT2D eigenvalue weighted by Gasteiger charge is -2.18. The summed E-state index contributed by atoms with van der Waals surface area (Å²) in [5.41, 5.74) is 1.05. The first-order valence-electron chi connectivity index (χ1n) is 7.16. The molecule has 3 heteroatoms. The van der Waals surface area contributed by atoms with Gasteiger partial charge in [0.1, 0.15) is 11.5 Å². The van der Waals surface area contributed by atoms with Gasteiger partial charge >= 0.3 is 0 Å². The van der Waals surface area contributed by atoms with Gasteiger partial charge in [-0.05, 0) is 30.4 Å².